The third-order valence-electron chi connectivity index (χ3n) is 3.71. The second-order valence-corrected chi connectivity index (χ2v) is 5.66. The van der Waals surface area contributed by atoms with Gasteiger partial charge in [0.1, 0.15) is 17.9 Å². The molecule has 0 amide bonds. The van der Waals surface area contributed by atoms with Gasteiger partial charge in [0, 0.05) is 22.0 Å². The van der Waals surface area contributed by atoms with E-state index in [0.717, 1.165) is 22.1 Å². The van der Waals surface area contributed by atoms with Crippen LogP contribution in [0.4, 0.5) is 0 Å². The summed E-state index contributed by atoms with van der Waals surface area (Å²) < 4.78 is 11.1. The third-order valence-corrected chi connectivity index (χ3v) is 3.94. The molecule has 0 saturated heterocycles. The van der Waals surface area contributed by atoms with Crippen LogP contribution in [0.2, 0.25) is 5.02 Å². The summed E-state index contributed by atoms with van der Waals surface area (Å²) in [7, 11) is 0. The molecule has 0 N–H and O–H groups in total. The summed E-state index contributed by atoms with van der Waals surface area (Å²) in [5, 5.41) is 1.51. The standard InChI is InChI=1S/C18H15ClO3/c1-11-6-7-16-13(8-17(20)22-18(16)12(11)2)10-21-15-5-3-4-14(19)9-15/h3-9H,10H2,1-2H3. The molecule has 0 aliphatic carbocycles. The molecule has 112 valence electrons. The van der Waals surface area contributed by atoms with Crippen LogP contribution < -0.4 is 10.4 Å². The van der Waals surface area contributed by atoms with Crippen molar-refractivity contribution in [2.75, 3.05) is 0 Å². The molecular formula is C18H15ClO3. The van der Waals surface area contributed by atoms with Gasteiger partial charge in [-0.05, 0) is 43.2 Å². The van der Waals surface area contributed by atoms with E-state index >= 15 is 0 Å². The minimum Gasteiger partial charge on any atom is -0.489 e. The van der Waals surface area contributed by atoms with E-state index in [4.69, 9.17) is 20.8 Å². The highest BCUT2D eigenvalue weighted by atomic mass is 35.5. The molecule has 0 aliphatic rings. The van der Waals surface area contributed by atoms with Crippen LogP contribution in [0.1, 0.15) is 16.7 Å². The topological polar surface area (TPSA) is 39.4 Å². The smallest absolute Gasteiger partial charge is 0.336 e. The summed E-state index contributed by atoms with van der Waals surface area (Å²) in [5.41, 5.74) is 3.11. The number of aryl methyl sites for hydroxylation is 2. The fourth-order valence-corrected chi connectivity index (χ4v) is 2.54. The normalized spacial score (nSPS) is 10.9. The van der Waals surface area contributed by atoms with Gasteiger partial charge in [0.15, 0.2) is 0 Å². The van der Waals surface area contributed by atoms with E-state index in [1.807, 2.05) is 38.1 Å². The maximum absolute atomic E-state index is 11.8. The maximum Gasteiger partial charge on any atom is 0.336 e. The Kier molecular flexibility index (Phi) is 3.90. The highest BCUT2D eigenvalue weighted by Crippen LogP contribution is 2.25. The van der Waals surface area contributed by atoms with E-state index in [1.165, 1.54) is 6.07 Å². The van der Waals surface area contributed by atoms with Gasteiger partial charge in [-0.2, -0.15) is 0 Å². The van der Waals surface area contributed by atoms with Crippen molar-refractivity contribution < 1.29 is 9.15 Å². The van der Waals surface area contributed by atoms with Crippen LogP contribution in [0.5, 0.6) is 5.75 Å². The van der Waals surface area contributed by atoms with E-state index in [9.17, 15) is 4.79 Å². The highest BCUT2D eigenvalue weighted by Gasteiger charge is 2.10. The Morgan fingerprint density at radius 1 is 1.14 bits per heavy atom. The van der Waals surface area contributed by atoms with Crippen LogP contribution in [-0.2, 0) is 6.61 Å². The lowest BCUT2D eigenvalue weighted by Gasteiger charge is -2.10. The van der Waals surface area contributed by atoms with Crippen molar-refractivity contribution in [2.24, 2.45) is 0 Å². The molecule has 0 unspecified atom stereocenters. The Morgan fingerprint density at radius 3 is 2.73 bits per heavy atom. The molecule has 0 fully saturated rings. The third kappa shape index (κ3) is 2.85. The largest absolute Gasteiger partial charge is 0.489 e. The van der Waals surface area contributed by atoms with Crippen LogP contribution in [0, 0.1) is 13.8 Å². The fourth-order valence-electron chi connectivity index (χ4n) is 2.36. The zero-order chi connectivity index (χ0) is 15.7. The Hall–Kier alpha value is -2.26. The van der Waals surface area contributed by atoms with Gasteiger partial charge in [0.25, 0.3) is 0 Å². The lowest BCUT2D eigenvalue weighted by Crippen LogP contribution is -2.05. The average Bonchev–Trinajstić information content (AvgIpc) is 2.49. The summed E-state index contributed by atoms with van der Waals surface area (Å²) in [6.07, 6.45) is 0. The quantitative estimate of drug-likeness (QED) is 0.661. The van der Waals surface area contributed by atoms with Crippen molar-refractivity contribution in [1.29, 1.82) is 0 Å². The van der Waals surface area contributed by atoms with Crippen molar-refractivity contribution in [3.05, 3.63) is 74.6 Å². The van der Waals surface area contributed by atoms with E-state index in [2.05, 4.69) is 0 Å². The van der Waals surface area contributed by atoms with Crippen molar-refractivity contribution in [2.45, 2.75) is 20.5 Å². The number of hydrogen-bond donors (Lipinski definition) is 0. The maximum atomic E-state index is 11.8. The zero-order valence-corrected chi connectivity index (χ0v) is 13.1. The van der Waals surface area contributed by atoms with E-state index in [1.54, 1.807) is 12.1 Å². The van der Waals surface area contributed by atoms with E-state index in [0.29, 0.717) is 16.4 Å². The molecule has 22 heavy (non-hydrogen) atoms. The number of halogens is 1. The van der Waals surface area contributed by atoms with E-state index in [-0.39, 0.29) is 12.2 Å². The number of benzene rings is 2. The first-order chi connectivity index (χ1) is 10.5. The number of ether oxygens (including phenoxy) is 1. The Balaban J connectivity index is 2.00. The molecule has 4 heteroatoms. The molecule has 0 saturated carbocycles. The highest BCUT2D eigenvalue weighted by molar-refractivity contribution is 6.30. The molecular weight excluding hydrogens is 300 g/mol. The molecule has 0 spiro atoms. The first-order valence-corrected chi connectivity index (χ1v) is 7.34. The summed E-state index contributed by atoms with van der Waals surface area (Å²) in [4.78, 5) is 11.8. The van der Waals surface area contributed by atoms with Crippen molar-refractivity contribution >= 4 is 22.6 Å². The number of hydrogen-bond acceptors (Lipinski definition) is 3. The molecule has 0 radical (unpaired) electrons. The fraction of sp³-hybridized carbons (Fsp3) is 0.167. The van der Waals surface area contributed by atoms with E-state index < -0.39 is 0 Å². The first-order valence-electron chi connectivity index (χ1n) is 6.96. The van der Waals surface area contributed by atoms with Gasteiger partial charge in [-0.3, -0.25) is 0 Å². The van der Waals surface area contributed by atoms with Crippen LogP contribution in [-0.4, -0.2) is 0 Å². The second-order valence-electron chi connectivity index (χ2n) is 5.22. The van der Waals surface area contributed by atoms with Crippen LogP contribution in [0.15, 0.2) is 51.7 Å². The molecule has 1 heterocycles. The molecule has 0 aliphatic heterocycles. The minimum absolute atomic E-state index is 0.283. The summed E-state index contributed by atoms with van der Waals surface area (Å²) in [6, 6.07) is 12.6. The number of fused-ring (bicyclic) bond motifs is 1. The SMILES string of the molecule is Cc1ccc2c(COc3cccc(Cl)c3)cc(=O)oc2c1C. The molecule has 0 atom stereocenters. The lowest BCUT2D eigenvalue weighted by molar-refractivity contribution is 0.306. The zero-order valence-electron chi connectivity index (χ0n) is 12.4. The summed E-state index contributed by atoms with van der Waals surface area (Å²) >= 11 is 5.94. The molecule has 3 nitrogen and oxygen atoms in total. The Labute approximate surface area is 133 Å². The predicted octanol–water partition coefficient (Wildman–Crippen LogP) is 4.64. The van der Waals surface area contributed by atoms with Gasteiger partial charge in [0.05, 0.1) is 0 Å². The van der Waals surface area contributed by atoms with Crippen molar-refractivity contribution in [3.8, 4) is 5.75 Å². The van der Waals surface area contributed by atoms with Gasteiger partial charge in [0.2, 0.25) is 0 Å². The molecule has 1 aromatic heterocycles. The van der Waals surface area contributed by atoms with Crippen LogP contribution in [0.25, 0.3) is 11.0 Å². The minimum atomic E-state index is -0.370. The number of rotatable bonds is 3. The van der Waals surface area contributed by atoms with Gasteiger partial charge in [-0.25, -0.2) is 4.79 Å². The lowest BCUT2D eigenvalue weighted by atomic mass is 10.0. The Bertz CT molecular complexity index is 896. The predicted molar refractivity (Wildman–Crippen MR) is 87.7 cm³/mol. The van der Waals surface area contributed by atoms with Crippen molar-refractivity contribution in [1.82, 2.24) is 0 Å². The second kappa shape index (κ2) is 5.85. The van der Waals surface area contributed by atoms with Crippen molar-refractivity contribution in [3.63, 3.8) is 0 Å². The molecule has 3 aromatic rings. The molecule has 3 rings (SSSR count). The van der Waals surface area contributed by atoms with Crippen LogP contribution >= 0.6 is 11.6 Å². The van der Waals surface area contributed by atoms with Gasteiger partial charge < -0.3 is 9.15 Å². The molecule has 0 bridgehead atoms. The average molecular weight is 315 g/mol. The summed E-state index contributed by atoms with van der Waals surface area (Å²) in [5.74, 6) is 0.665. The Morgan fingerprint density at radius 2 is 1.95 bits per heavy atom. The van der Waals surface area contributed by atoms with Gasteiger partial charge >= 0.3 is 5.63 Å². The van der Waals surface area contributed by atoms with Crippen LogP contribution in [0.3, 0.4) is 0 Å². The monoisotopic (exact) mass is 314 g/mol. The van der Waals surface area contributed by atoms with Gasteiger partial charge in [-0.15, -0.1) is 0 Å². The molecule has 2 aromatic carbocycles. The van der Waals surface area contributed by atoms with Gasteiger partial charge in [-0.1, -0.05) is 29.8 Å². The summed E-state index contributed by atoms with van der Waals surface area (Å²) in [6.45, 7) is 4.22. The first kappa shape index (κ1) is 14.7.